The van der Waals surface area contributed by atoms with E-state index in [9.17, 15) is 16.8 Å². The van der Waals surface area contributed by atoms with Crippen molar-refractivity contribution in [3.05, 3.63) is 0 Å². The van der Waals surface area contributed by atoms with Crippen LogP contribution in [0.1, 0.15) is 0 Å². The van der Waals surface area contributed by atoms with E-state index in [2.05, 4.69) is 20.3 Å². The summed E-state index contributed by atoms with van der Waals surface area (Å²) in [4.78, 5) is 9.40. The van der Waals surface area contributed by atoms with Crippen molar-refractivity contribution in [3.63, 3.8) is 0 Å². The Kier molecular flexibility index (Phi) is 6.31. The number of nitrogens with one attached hydrogen (secondary N) is 2. The molecule has 0 aliphatic rings. The molecule has 0 aliphatic heterocycles. The molecule has 0 atom stereocenters. The molecule has 0 bridgehead atoms. The summed E-state index contributed by atoms with van der Waals surface area (Å²) >= 11 is 0.346. The minimum absolute atomic E-state index is 0.0235. The zero-order chi connectivity index (χ0) is 16.1. The van der Waals surface area contributed by atoms with Gasteiger partial charge < -0.3 is 5.21 Å². The van der Waals surface area contributed by atoms with Crippen LogP contribution in [0.25, 0.3) is 0 Å². The number of hydrogen-bond acceptors (Lipinski definition) is 12. The first kappa shape index (κ1) is 18.1. The fraction of sp³-hybridized carbons (Fsp3) is 0.400. The van der Waals surface area contributed by atoms with Gasteiger partial charge in [-0.1, -0.05) is 0 Å². The van der Waals surface area contributed by atoms with Crippen LogP contribution in [0.2, 0.25) is 0 Å². The average molecular weight is 363 g/mol. The van der Waals surface area contributed by atoms with E-state index < -0.39 is 35.7 Å². The van der Waals surface area contributed by atoms with E-state index in [1.165, 1.54) is 0 Å². The Morgan fingerprint density at radius 1 is 1.05 bits per heavy atom. The summed E-state index contributed by atoms with van der Waals surface area (Å²) in [5.41, 5.74) is 1.76. The van der Waals surface area contributed by atoms with Gasteiger partial charge in [-0.15, -0.1) is 0 Å². The zero-order valence-corrected chi connectivity index (χ0v) is 12.3. The third kappa shape index (κ3) is 6.11. The largest absolute Gasteiger partial charge is 0.330 e. The Bertz CT molecular complexity index is 640. The van der Waals surface area contributed by atoms with Crippen LogP contribution in [0.4, 0.5) is 0 Å². The lowest BCUT2D eigenvalue weighted by molar-refractivity contribution is 0.148. The Hall–Kier alpha value is -0.980. The Balaban J connectivity index is 2.98. The SMILES string of the molecule is O=S(=O)(O)c1nc(SOCNCNO)nc(S(=O)(=O)O)n1. The van der Waals surface area contributed by atoms with E-state index in [4.69, 9.17) is 18.5 Å². The smallest absolute Gasteiger partial charge is 0.316 e. The first-order valence-electron chi connectivity index (χ1n) is 4.73. The fourth-order valence-electron chi connectivity index (χ4n) is 0.819. The van der Waals surface area contributed by atoms with Gasteiger partial charge in [0.15, 0.2) is 0 Å². The van der Waals surface area contributed by atoms with Crippen molar-refractivity contribution in [2.75, 3.05) is 13.4 Å². The normalized spacial score (nSPS) is 12.5. The maximum Gasteiger partial charge on any atom is 0.330 e. The molecule has 0 aliphatic carbocycles. The van der Waals surface area contributed by atoms with Gasteiger partial charge in [-0.2, -0.15) is 37.3 Å². The molecule has 0 unspecified atom stereocenters. The molecule has 13 nitrogen and oxygen atoms in total. The van der Waals surface area contributed by atoms with E-state index in [1.54, 1.807) is 5.48 Å². The average Bonchev–Trinajstić information content (AvgIpc) is 2.36. The van der Waals surface area contributed by atoms with Gasteiger partial charge in [0.2, 0.25) is 5.16 Å². The van der Waals surface area contributed by atoms with Crippen molar-refractivity contribution in [2.45, 2.75) is 15.5 Å². The lowest BCUT2D eigenvalue weighted by Gasteiger charge is -2.04. The number of aromatic nitrogens is 3. The molecular formula is C5H9N5O8S3. The molecule has 1 aromatic heterocycles. The fourth-order valence-corrected chi connectivity index (χ4v) is 2.30. The van der Waals surface area contributed by atoms with Crippen LogP contribution in [-0.2, 0) is 24.4 Å². The predicted octanol–water partition coefficient (Wildman–Crippen LogP) is -2.13. The minimum Gasteiger partial charge on any atom is -0.316 e. The molecule has 5 N–H and O–H groups in total. The molecule has 0 radical (unpaired) electrons. The summed E-state index contributed by atoms with van der Waals surface area (Å²) < 4.78 is 66.0. The van der Waals surface area contributed by atoms with Crippen LogP contribution in [0.15, 0.2) is 15.5 Å². The van der Waals surface area contributed by atoms with Crippen LogP contribution in [-0.4, -0.2) is 59.5 Å². The van der Waals surface area contributed by atoms with Gasteiger partial charge in [-0.25, -0.2) is 0 Å². The predicted molar refractivity (Wildman–Crippen MR) is 64.2 cm³/mol. The van der Waals surface area contributed by atoms with Crippen molar-refractivity contribution < 1.29 is 35.3 Å². The van der Waals surface area contributed by atoms with Crippen molar-refractivity contribution in [2.24, 2.45) is 0 Å². The number of hydroxylamine groups is 1. The highest BCUT2D eigenvalue weighted by atomic mass is 32.2. The first-order chi connectivity index (χ1) is 9.64. The molecule has 1 heterocycles. The zero-order valence-electron chi connectivity index (χ0n) is 9.86. The topological polar surface area (TPSA) is 201 Å². The molecule has 120 valence electrons. The second-order valence-corrected chi connectivity index (χ2v) is 6.46. The van der Waals surface area contributed by atoms with Crippen LogP contribution >= 0.6 is 12.0 Å². The molecule has 16 heteroatoms. The Morgan fingerprint density at radius 3 is 2.00 bits per heavy atom. The van der Waals surface area contributed by atoms with Crippen LogP contribution in [0, 0.1) is 0 Å². The molecule has 21 heavy (non-hydrogen) atoms. The number of hydrogen-bond donors (Lipinski definition) is 5. The molecule has 0 fully saturated rings. The lowest BCUT2D eigenvalue weighted by Crippen LogP contribution is -2.27. The van der Waals surface area contributed by atoms with Gasteiger partial charge in [0.25, 0.3) is 10.3 Å². The third-order valence-electron chi connectivity index (χ3n) is 1.53. The van der Waals surface area contributed by atoms with E-state index >= 15 is 0 Å². The second kappa shape index (κ2) is 7.33. The molecule has 0 aromatic carbocycles. The molecule has 0 saturated carbocycles. The highest BCUT2D eigenvalue weighted by Gasteiger charge is 2.23. The van der Waals surface area contributed by atoms with Gasteiger partial charge in [0.05, 0.1) is 18.7 Å². The van der Waals surface area contributed by atoms with Crippen molar-refractivity contribution in [1.82, 2.24) is 25.7 Å². The summed E-state index contributed by atoms with van der Waals surface area (Å²) in [6.45, 7) is -0.184. The highest BCUT2D eigenvalue weighted by molar-refractivity contribution is 7.94. The summed E-state index contributed by atoms with van der Waals surface area (Å²) in [7, 11) is -9.83. The first-order valence-corrected chi connectivity index (χ1v) is 8.35. The monoisotopic (exact) mass is 363 g/mol. The number of nitrogens with zero attached hydrogens (tertiary/aromatic N) is 3. The maximum atomic E-state index is 10.9. The summed E-state index contributed by atoms with van der Waals surface area (Å²) in [5, 5.41) is 7.66. The van der Waals surface area contributed by atoms with E-state index in [0.29, 0.717) is 12.0 Å². The Labute approximate surface area is 122 Å². The lowest BCUT2D eigenvalue weighted by atomic mass is 11.0. The van der Waals surface area contributed by atoms with Gasteiger partial charge >= 0.3 is 20.2 Å². The van der Waals surface area contributed by atoms with Crippen molar-refractivity contribution >= 4 is 32.3 Å². The van der Waals surface area contributed by atoms with Gasteiger partial charge in [-0.05, 0) is 0 Å². The molecule has 0 saturated heterocycles. The molecule has 1 aromatic rings. The summed E-state index contributed by atoms with van der Waals surface area (Å²) in [6, 6.07) is 0. The molecule has 0 amide bonds. The quantitative estimate of drug-likeness (QED) is 0.110. The molecule has 0 spiro atoms. The highest BCUT2D eigenvalue weighted by Crippen LogP contribution is 2.17. The summed E-state index contributed by atoms with van der Waals surface area (Å²) in [6.07, 6.45) is 0. The van der Waals surface area contributed by atoms with Crippen molar-refractivity contribution in [3.8, 4) is 0 Å². The van der Waals surface area contributed by atoms with Gasteiger partial charge in [0.1, 0.15) is 6.73 Å². The maximum absolute atomic E-state index is 10.9. The number of rotatable bonds is 8. The van der Waals surface area contributed by atoms with Gasteiger partial charge in [-0.3, -0.25) is 18.6 Å². The Morgan fingerprint density at radius 2 is 1.57 bits per heavy atom. The van der Waals surface area contributed by atoms with E-state index in [0.717, 1.165) is 0 Å². The minimum atomic E-state index is -4.91. The van der Waals surface area contributed by atoms with E-state index in [-0.39, 0.29) is 13.4 Å². The second-order valence-electron chi connectivity index (χ2n) is 3.06. The standard InChI is InChI=1S/C5H9N5O8S3/c11-7-1-6-2-18-19-3-8-4(20(12,13)14)10-5(9-3)21(15,16)17/h6-7,11H,1-2H2,(H,12,13,14)(H,15,16,17). The van der Waals surface area contributed by atoms with Crippen LogP contribution in [0.5, 0.6) is 0 Å². The van der Waals surface area contributed by atoms with E-state index in [1.807, 2.05) is 0 Å². The van der Waals surface area contributed by atoms with Crippen molar-refractivity contribution in [1.29, 1.82) is 0 Å². The molecule has 1 rings (SSSR count). The third-order valence-corrected chi connectivity index (χ3v) is 3.39. The van der Waals surface area contributed by atoms with Gasteiger partial charge in [0, 0.05) is 0 Å². The van der Waals surface area contributed by atoms with Crippen LogP contribution < -0.4 is 10.8 Å². The van der Waals surface area contributed by atoms with Crippen LogP contribution in [0.3, 0.4) is 0 Å². The summed E-state index contributed by atoms with van der Waals surface area (Å²) in [5.74, 6) is 0. The molecular weight excluding hydrogens is 354 g/mol.